The summed E-state index contributed by atoms with van der Waals surface area (Å²) in [5.41, 5.74) is 3.41. The van der Waals surface area contributed by atoms with Crippen LogP contribution in [0.25, 0.3) is 0 Å². The fourth-order valence-electron chi connectivity index (χ4n) is 3.02. The maximum Gasteiger partial charge on any atom is 0.343 e. The second-order valence-electron chi connectivity index (χ2n) is 7.35. The van der Waals surface area contributed by atoms with Crippen LogP contribution in [0.1, 0.15) is 29.3 Å². The summed E-state index contributed by atoms with van der Waals surface area (Å²) in [7, 11) is 3.00. The first-order valence-corrected chi connectivity index (χ1v) is 11.6. The normalized spacial score (nSPS) is 11.6. The van der Waals surface area contributed by atoms with E-state index in [0.717, 1.165) is 0 Å². The lowest BCUT2D eigenvalue weighted by Crippen LogP contribution is -2.35. The average molecular weight is 531 g/mol. The zero-order valence-electron chi connectivity index (χ0n) is 19.8. The van der Waals surface area contributed by atoms with Crippen LogP contribution >= 0.6 is 23.2 Å². The molecule has 0 saturated carbocycles. The van der Waals surface area contributed by atoms with Crippen molar-refractivity contribution in [2.24, 2.45) is 5.10 Å². The number of amides is 1. The number of hydrogen-bond donors (Lipinski definition) is 1. The summed E-state index contributed by atoms with van der Waals surface area (Å²) in [6, 6.07) is 16.1. The van der Waals surface area contributed by atoms with Gasteiger partial charge in [-0.25, -0.2) is 10.2 Å². The number of nitrogens with one attached hydrogen (secondary N) is 1. The molecule has 0 heterocycles. The Hall–Kier alpha value is -3.75. The lowest BCUT2D eigenvalue weighted by Gasteiger charge is -2.16. The van der Waals surface area contributed by atoms with Gasteiger partial charge in [0.05, 0.1) is 31.0 Å². The SMILES string of the molecule is CCC(Oc1ccc(Cl)cc1Cl)C(=O)NN=Cc1ccc(OC(=O)c2ccc(OC)cc2)c(OC)c1. The molecule has 188 valence electrons. The fraction of sp³-hybridized carbons (Fsp3) is 0.192. The molecule has 0 spiro atoms. The van der Waals surface area contributed by atoms with E-state index >= 15 is 0 Å². The van der Waals surface area contributed by atoms with E-state index in [9.17, 15) is 9.59 Å². The molecule has 0 saturated heterocycles. The molecule has 8 nitrogen and oxygen atoms in total. The van der Waals surface area contributed by atoms with Crippen LogP contribution in [0.15, 0.2) is 65.8 Å². The maximum absolute atomic E-state index is 12.5. The molecule has 0 radical (unpaired) electrons. The molecule has 36 heavy (non-hydrogen) atoms. The number of benzene rings is 3. The van der Waals surface area contributed by atoms with Crippen molar-refractivity contribution in [2.45, 2.75) is 19.4 Å². The van der Waals surface area contributed by atoms with Crippen LogP contribution in [0.2, 0.25) is 10.0 Å². The number of methoxy groups -OCH3 is 2. The van der Waals surface area contributed by atoms with Crippen LogP contribution < -0.4 is 24.4 Å². The van der Waals surface area contributed by atoms with Gasteiger partial charge in [0.25, 0.3) is 5.91 Å². The van der Waals surface area contributed by atoms with Crippen molar-refractivity contribution in [1.29, 1.82) is 0 Å². The van der Waals surface area contributed by atoms with E-state index in [-0.39, 0.29) is 5.75 Å². The van der Waals surface area contributed by atoms with Gasteiger partial charge in [-0.2, -0.15) is 5.10 Å². The van der Waals surface area contributed by atoms with Crippen LogP contribution in [0.5, 0.6) is 23.0 Å². The predicted molar refractivity (Wildman–Crippen MR) is 138 cm³/mol. The Bertz CT molecular complexity index is 1250. The third-order valence-corrected chi connectivity index (χ3v) is 5.46. The molecule has 0 fully saturated rings. The molecule has 1 unspecified atom stereocenters. The number of carbonyl (C=O) groups excluding carboxylic acids is 2. The van der Waals surface area contributed by atoms with Crippen LogP contribution in [-0.4, -0.2) is 38.4 Å². The van der Waals surface area contributed by atoms with Gasteiger partial charge >= 0.3 is 5.97 Å². The molecule has 0 aromatic heterocycles. The highest BCUT2D eigenvalue weighted by Gasteiger charge is 2.19. The Morgan fingerprint density at radius 1 is 0.944 bits per heavy atom. The van der Waals surface area contributed by atoms with Crippen LogP contribution in [0.4, 0.5) is 0 Å². The van der Waals surface area contributed by atoms with Gasteiger partial charge in [-0.3, -0.25) is 4.79 Å². The largest absolute Gasteiger partial charge is 0.497 e. The number of esters is 1. The van der Waals surface area contributed by atoms with E-state index in [4.69, 9.17) is 42.1 Å². The van der Waals surface area contributed by atoms with Crippen LogP contribution in [0, 0.1) is 0 Å². The minimum Gasteiger partial charge on any atom is -0.497 e. The van der Waals surface area contributed by atoms with E-state index in [0.29, 0.717) is 44.8 Å². The number of hydrazone groups is 1. The van der Waals surface area contributed by atoms with Crippen molar-refractivity contribution in [3.05, 3.63) is 81.8 Å². The van der Waals surface area contributed by atoms with Crippen molar-refractivity contribution in [3.63, 3.8) is 0 Å². The van der Waals surface area contributed by atoms with E-state index in [2.05, 4.69) is 10.5 Å². The van der Waals surface area contributed by atoms with Crippen molar-refractivity contribution < 1.29 is 28.5 Å². The molecular formula is C26H24Cl2N2O6. The van der Waals surface area contributed by atoms with Gasteiger partial charge in [0.15, 0.2) is 17.6 Å². The quantitative estimate of drug-likeness (QED) is 0.160. The smallest absolute Gasteiger partial charge is 0.343 e. The van der Waals surface area contributed by atoms with Gasteiger partial charge in [0.2, 0.25) is 0 Å². The third kappa shape index (κ3) is 7.13. The lowest BCUT2D eigenvalue weighted by molar-refractivity contribution is -0.128. The molecular weight excluding hydrogens is 507 g/mol. The number of halogens is 2. The minimum atomic E-state index is -0.810. The van der Waals surface area contributed by atoms with E-state index in [1.807, 2.05) is 0 Å². The first-order valence-electron chi connectivity index (χ1n) is 10.8. The molecule has 0 aliphatic heterocycles. The van der Waals surface area contributed by atoms with E-state index in [1.54, 1.807) is 68.6 Å². The van der Waals surface area contributed by atoms with Gasteiger partial charge < -0.3 is 18.9 Å². The summed E-state index contributed by atoms with van der Waals surface area (Å²) >= 11 is 12.0. The highest BCUT2D eigenvalue weighted by Crippen LogP contribution is 2.30. The average Bonchev–Trinajstić information content (AvgIpc) is 2.88. The molecule has 3 aromatic rings. The molecule has 1 atom stereocenters. The van der Waals surface area contributed by atoms with Crippen LogP contribution in [-0.2, 0) is 4.79 Å². The number of rotatable bonds is 10. The molecule has 10 heteroatoms. The Kier molecular flexibility index (Phi) is 9.55. The fourth-order valence-corrected chi connectivity index (χ4v) is 3.48. The molecule has 0 bridgehead atoms. The number of hydrogen-bond acceptors (Lipinski definition) is 7. The maximum atomic E-state index is 12.5. The summed E-state index contributed by atoms with van der Waals surface area (Å²) in [5, 5.41) is 4.75. The first-order chi connectivity index (χ1) is 17.3. The predicted octanol–water partition coefficient (Wildman–Crippen LogP) is 5.54. The van der Waals surface area contributed by atoms with Gasteiger partial charge in [-0.15, -0.1) is 0 Å². The van der Waals surface area contributed by atoms with E-state index in [1.165, 1.54) is 19.4 Å². The topological polar surface area (TPSA) is 95.5 Å². The van der Waals surface area contributed by atoms with Crippen molar-refractivity contribution in [2.75, 3.05) is 14.2 Å². The summed E-state index contributed by atoms with van der Waals surface area (Å²) in [6.45, 7) is 1.80. The second-order valence-corrected chi connectivity index (χ2v) is 8.20. The summed E-state index contributed by atoms with van der Waals surface area (Å²) < 4.78 is 21.6. The van der Waals surface area contributed by atoms with Gasteiger partial charge in [0.1, 0.15) is 11.5 Å². The molecule has 1 N–H and O–H groups in total. The molecule has 3 aromatic carbocycles. The van der Waals surface area contributed by atoms with Crippen molar-refractivity contribution >= 4 is 41.3 Å². The lowest BCUT2D eigenvalue weighted by atomic mass is 10.2. The monoisotopic (exact) mass is 530 g/mol. The Balaban J connectivity index is 1.62. The standard InChI is InChI=1S/C26H24Cl2N2O6/c1-4-21(35-22-12-8-18(27)14-20(22)28)25(31)30-29-15-16-5-11-23(24(13-16)34-3)36-26(32)17-6-9-19(33-2)10-7-17/h5-15,21H,4H2,1-3H3,(H,30,31). The molecule has 0 aliphatic rings. The number of carbonyl (C=O) groups is 2. The highest BCUT2D eigenvalue weighted by molar-refractivity contribution is 6.35. The number of nitrogens with zero attached hydrogens (tertiary/aromatic N) is 1. The van der Waals surface area contributed by atoms with Crippen molar-refractivity contribution in [3.8, 4) is 23.0 Å². The third-order valence-electron chi connectivity index (χ3n) is 4.93. The van der Waals surface area contributed by atoms with Gasteiger partial charge in [-0.05, 0) is 72.6 Å². The zero-order valence-corrected chi connectivity index (χ0v) is 21.3. The summed E-state index contributed by atoms with van der Waals surface area (Å²) in [4.78, 5) is 25.0. The highest BCUT2D eigenvalue weighted by atomic mass is 35.5. The molecule has 3 rings (SSSR count). The first kappa shape index (κ1) is 26.8. The van der Waals surface area contributed by atoms with E-state index < -0.39 is 18.0 Å². The number of ether oxygens (including phenoxy) is 4. The Morgan fingerprint density at radius 3 is 2.31 bits per heavy atom. The summed E-state index contributed by atoms with van der Waals surface area (Å²) in [6.07, 6.45) is 1.01. The minimum absolute atomic E-state index is 0.235. The molecule has 1 amide bonds. The molecule has 0 aliphatic carbocycles. The van der Waals surface area contributed by atoms with Gasteiger partial charge in [0, 0.05) is 5.02 Å². The second kappa shape index (κ2) is 12.8. The Labute approximate surface area is 218 Å². The zero-order chi connectivity index (χ0) is 26.1. The van der Waals surface area contributed by atoms with Crippen molar-refractivity contribution in [1.82, 2.24) is 5.43 Å². The van der Waals surface area contributed by atoms with Crippen LogP contribution in [0.3, 0.4) is 0 Å². The summed E-state index contributed by atoms with van der Waals surface area (Å²) in [5.74, 6) is 0.535. The van der Waals surface area contributed by atoms with Gasteiger partial charge in [-0.1, -0.05) is 30.1 Å². The Morgan fingerprint density at radius 2 is 1.67 bits per heavy atom.